The molecule has 0 aromatic carbocycles. The molecule has 2 aromatic heterocycles. The number of nitrogens with two attached hydrogens (primary N) is 1. The summed E-state index contributed by atoms with van der Waals surface area (Å²) in [4.78, 5) is 8.97. The van der Waals surface area contributed by atoms with Gasteiger partial charge in [-0.05, 0) is 36.8 Å². The number of nitrogens with zero attached hydrogens (tertiary/aromatic N) is 3. The van der Waals surface area contributed by atoms with E-state index in [1.54, 1.807) is 0 Å². The molecule has 0 bridgehead atoms. The van der Waals surface area contributed by atoms with Crippen molar-refractivity contribution in [2.24, 2.45) is 5.41 Å². The second kappa shape index (κ2) is 4.51. The average molecular weight is 258 g/mol. The molecule has 0 atom stereocenters. The lowest BCUT2D eigenvalue weighted by Gasteiger charge is -2.34. The van der Waals surface area contributed by atoms with Gasteiger partial charge in [0.05, 0.1) is 0 Å². The second-order valence-electron chi connectivity index (χ2n) is 6.23. The minimum atomic E-state index is 0.339. The summed E-state index contributed by atoms with van der Waals surface area (Å²) >= 11 is 0. The molecular formula is C15H22N4. The highest BCUT2D eigenvalue weighted by atomic mass is 15.2. The van der Waals surface area contributed by atoms with Crippen molar-refractivity contribution in [3.8, 4) is 0 Å². The Kier molecular flexibility index (Phi) is 2.96. The Hall–Kier alpha value is -1.58. The van der Waals surface area contributed by atoms with Crippen LogP contribution in [-0.2, 0) is 6.54 Å². The van der Waals surface area contributed by atoms with Gasteiger partial charge in [0.2, 0.25) is 5.95 Å². The van der Waals surface area contributed by atoms with E-state index in [9.17, 15) is 0 Å². The predicted octanol–water partition coefficient (Wildman–Crippen LogP) is 3.29. The number of anilines is 1. The monoisotopic (exact) mass is 258 g/mol. The van der Waals surface area contributed by atoms with Crippen molar-refractivity contribution >= 4 is 17.1 Å². The Morgan fingerprint density at radius 1 is 1.32 bits per heavy atom. The van der Waals surface area contributed by atoms with Gasteiger partial charge >= 0.3 is 0 Å². The molecule has 1 fully saturated rings. The van der Waals surface area contributed by atoms with Gasteiger partial charge in [-0.25, -0.2) is 9.97 Å². The van der Waals surface area contributed by atoms with Gasteiger partial charge in [0.25, 0.3) is 0 Å². The molecule has 3 rings (SSSR count). The summed E-state index contributed by atoms with van der Waals surface area (Å²) in [6.45, 7) is 5.36. The zero-order valence-corrected chi connectivity index (χ0v) is 11.8. The first kappa shape index (κ1) is 12.5. The Morgan fingerprint density at radius 3 is 2.79 bits per heavy atom. The van der Waals surface area contributed by atoms with Gasteiger partial charge in [-0.1, -0.05) is 26.2 Å². The number of fused-ring (bicyclic) bond motifs is 1. The molecule has 1 aliphatic rings. The van der Waals surface area contributed by atoms with Gasteiger partial charge in [0.15, 0.2) is 5.65 Å². The van der Waals surface area contributed by atoms with Crippen LogP contribution in [0.4, 0.5) is 5.95 Å². The maximum Gasteiger partial charge on any atom is 0.202 e. The summed E-state index contributed by atoms with van der Waals surface area (Å²) in [5.41, 5.74) is 9.47. The molecule has 0 spiro atoms. The van der Waals surface area contributed by atoms with Crippen molar-refractivity contribution in [2.45, 2.75) is 52.5 Å². The van der Waals surface area contributed by atoms with Crippen LogP contribution in [0.2, 0.25) is 0 Å². The van der Waals surface area contributed by atoms with Gasteiger partial charge in [-0.2, -0.15) is 0 Å². The number of rotatable bonds is 2. The van der Waals surface area contributed by atoms with E-state index in [1.807, 2.05) is 12.3 Å². The second-order valence-corrected chi connectivity index (χ2v) is 6.23. The number of nitrogen functional groups attached to an aromatic ring is 1. The molecule has 0 aliphatic heterocycles. The fourth-order valence-electron chi connectivity index (χ4n) is 3.26. The van der Waals surface area contributed by atoms with Gasteiger partial charge in [-0.3, -0.25) is 4.57 Å². The highest BCUT2D eigenvalue weighted by molar-refractivity contribution is 5.77. The first-order valence-electron chi connectivity index (χ1n) is 7.16. The summed E-state index contributed by atoms with van der Waals surface area (Å²) in [5, 5.41) is 0. The molecule has 4 nitrogen and oxygen atoms in total. The average Bonchev–Trinajstić information content (AvgIpc) is 2.69. The van der Waals surface area contributed by atoms with Gasteiger partial charge < -0.3 is 5.73 Å². The lowest BCUT2D eigenvalue weighted by molar-refractivity contribution is 0.186. The summed E-state index contributed by atoms with van der Waals surface area (Å²) in [5.74, 6) is 0.601. The fraction of sp³-hybridized carbons (Fsp3) is 0.600. The first-order chi connectivity index (χ1) is 9.09. The molecule has 102 valence electrons. The van der Waals surface area contributed by atoms with Crippen LogP contribution in [0.5, 0.6) is 0 Å². The summed E-state index contributed by atoms with van der Waals surface area (Å²) in [6, 6.07) is 1.99. The summed E-state index contributed by atoms with van der Waals surface area (Å²) in [7, 11) is 0. The fourth-order valence-corrected chi connectivity index (χ4v) is 3.26. The van der Waals surface area contributed by atoms with Crippen LogP contribution in [0.25, 0.3) is 11.2 Å². The zero-order chi connectivity index (χ0) is 13.5. The van der Waals surface area contributed by atoms with Crippen LogP contribution < -0.4 is 5.73 Å². The van der Waals surface area contributed by atoms with Crippen molar-refractivity contribution < 1.29 is 0 Å². The molecule has 1 aliphatic carbocycles. The minimum Gasteiger partial charge on any atom is -0.369 e. The largest absolute Gasteiger partial charge is 0.369 e. The Morgan fingerprint density at radius 2 is 2.05 bits per heavy atom. The number of aromatic nitrogens is 3. The quantitative estimate of drug-likeness (QED) is 0.899. The van der Waals surface area contributed by atoms with E-state index >= 15 is 0 Å². The Balaban J connectivity index is 2.00. The van der Waals surface area contributed by atoms with E-state index in [-0.39, 0.29) is 0 Å². The number of hydrogen-bond donors (Lipinski definition) is 1. The molecule has 2 aromatic rings. The topological polar surface area (TPSA) is 56.7 Å². The molecular weight excluding hydrogens is 236 g/mol. The third-order valence-corrected chi connectivity index (χ3v) is 4.47. The smallest absolute Gasteiger partial charge is 0.202 e. The van der Waals surface area contributed by atoms with E-state index in [0.717, 1.165) is 23.3 Å². The van der Waals surface area contributed by atoms with E-state index < -0.39 is 0 Å². The highest BCUT2D eigenvalue weighted by Crippen LogP contribution is 2.38. The van der Waals surface area contributed by atoms with Crippen LogP contribution >= 0.6 is 0 Å². The molecule has 19 heavy (non-hydrogen) atoms. The molecule has 0 saturated heterocycles. The normalized spacial score (nSPS) is 18.8. The van der Waals surface area contributed by atoms with E-state index in [4.69, 9.17) is 5.73 Å². The van der Waals surface area contributed by atoms with Gasteiger partial charge in [0, 0.05) is 12.7 Å². The molecule has 4 heteroatoms. The predicted molar refractivity (Wildman–Crippen MR) is 77.9 cm³/mol. The summed E-state index contributed by atoms with van der Waals surface area (Å²) in [6.07, 6.45) is 8.42. The number of pyridine rings is 1. The van der Waals surface area contributed by atoms with E-state index in [1.165, 1.54) is 32.1 Å². The summed E-state index contributed by atoms with van der Waals surface area (Å²) < 4.78 is 2.10. The van der Waals surface area contributed by atoms with Crippen molar-refractivity contribution in [1.82, 2.24) is 14.5 Å². The van der Waals surface area contributed by atoms with Crippen LogP contribution in [-0.4, -0.2) is 14.5 Å². The molecule has 2 N–H and O–H groups in total. The molecule has 0 radical (unpaired) electrons. The zero-order valence-electron chi connectivity index (χ0n) is 11.8. The van der Waals surface area contributed by atoms with Crippen LogP contribution in [0.15, 0.2) is 12.3 Å². The molecule has 0 unspecified atom stereocenters. The minimum absolute atomic E-state index is 0.339. The Bertz CT molecular complexity index is 593. The van der Waals surface area contributed by atoms with Crippen molar-refractivity contribution in [3.05, 3.63) is 17.8 Å². The maximum absolute atomic E-state index is 6.11. The maximum atomic E-state index is 6.11. The van der Waals surface area contributed by atoms with Crippen molar-refractivity contribution in [1.29, 1.82) is 0 Å². The molecule has 1 saturated carbocycles. The number of hydrogen-bond acceptors (Lipinski definition) is 3. The van der Waals surface area contributed by atoms with Crippen LogP contribution in [0.1, 0.15) is 44.6 Å². The van der Waals surface area contributed by atoms with Crippen LogP contribution in [0, 0.1) is 12.3 Å². The van der Waals surface area contributed by atoms with E-state index in [0.29, 0.717) is 11.4 Å². The van der Waals surface area contributed by atoms with Crippen molar-refractivity contribution in [2.75, 3.05) is 5.73 Å². The van der Waals surface area contributed by atoms with Crippen molar-refractivity contribution in [3.63, 3.8) is 0 Å². The van der Waals surface area contributed by atoms with Crippen LogP contribution in [0.3, 0.4) is 0 Å². The van der Waals surface area contributed by atoms with E-state index in [2.05, 4.69) is 28.4 Å². The molecule has 2 heterocycles. The highest BCUT2D eigenvalue weighted by Gasteiger charge is 2.29. The number of imidazole rings is 1. The standard InChI is InChI=1S/C15H22N4/c1-11-6-9-17-13-12(11)18-14(16)19(13)10-15(2)7-4-3-5-8-15/h6,9H,3-5,7-8,10H2,1-2H3,(H2,16,18). The third kappa shape index (κ3) is 2.20. The van der Waals surface area contributed by atoms with Gasteiger partial charge in [0.1, 0.15) is 5.52 Å². The number of aryl methyl sites for hydroxylation is 1. The lowest BCUT2D eigenvalue weighted by Crippen LogP contribution is -2.26. The third-order valence-electron chi connectivity index (χ3n) is 4.47. The first-order valence-corrected chi connectivity index (χ1v) is 7.16. The van der Waals surface area contributed by atoms with Gasteiger partial charge in [-0.15, -0.1) is 0 Å². The SMILES string of the molecule is Cc1ccnc2c1nc(N)n2CC1(C)CCCCC1. The molecule has 0 amide bonds. The Labute approximate surface area is 114 Å². The lowest BCUT2D eigenvalue weighted by atomic mass is 9.75.